The van der Waals surface area contributed by atoms with Crippen LogP contribution < -0.4 is 5.32 Å². The number of amides is 1. The molecule has 0 unspecified atom stereocenters. The van der Waals surface area contributed by atoms with Crippen LogP contribution in [0, 0.1) is 12.3 Å². The second kappa shape index (κ2) is 7.44. The molecule has 0 aliphatic carbocycles. The lowest BCUT2D eigenvalue weighted by Crippen LogP contribution is -2.25. The van der Waals surface area contributed by atoms with Crippen LogP contribution in [0.1, 0.15) is 49.1 Å². The number of aromatic amines is 1. The Morgan fingerprint density at radius 2 is 2.35 bits per heavy atom. The third-order valence-corrected chi connectivity index (χ3v) is 2.26. The summed E-state index contributed by atoms with van der Waals surface area (Å²) in [6.07, 6.45) is 9.46. The van der Waals surface area contributed by atoms with Crippen LogP contribution >= 0.6 is 0 Å². The van der Waals surface area contributed by atoms with Crippen molar-refractivity contribution in [1.82, 2.24) is 20.5 Å². The fourth-order valence-corrected chi connectivity index (χ4v) is 1.38. The number of unbranched alkanes of at least 4 members (excludes halogenated alkanes) is 2. The second-order valence-corrected chi connectivity index (χ2v) is 3.77. The van der Waals surface area contributed by atoms with Gasteiger partial charge in [-0.2, -0.15) is 0 Å². The van der Waals surface area contributed by atoms with Gasteiger partial charge in [0.25, 0.3) is 5.91 Å². The fourth-order valence-electron chi connectivity index (χ4n) is 1.38. The number of rotatable bonds is 7. The van der Waals surface area contributed by atoms with Gasteiger partial charge in [0, 0.05) is 19.4 Å². The summed E-state index contributed by atoms with van der Waals surface area (Å²) >= 11 is 0. The summed E-state index contributed by atoms with van der Waals surface area (Å²) in [4.78, 5) is 15.7. The van der Waals surface area contributed by atoms with Gasteiger partial charge in [-0.3, -0.25) is 9.89 Å². The number of nitrogens with one attached hydrogen (secondary N) is 2. The largest absolute Gasteiger partial charge is 0.349 e. The molecule has 5 heteroatoms. The molecule has 0 aliphatic heterocycles. The van der Waals surface area contributed by atoms with Crippen LogP contribution in [0.5, 0.6) is 0 Å². The monoisotopic (exact) mass is 234 g/mol. The molecule has 17 heavy (non-hydrogen) atoms. The molecule has 2 N–H and O–H groups in total. The highest BCUT2D eigenvalue weighted by molar-refractivity contribution is 5.90. The van der Waals surface area contributed by atoms with E-state index in [-0.39, 0.29) is 11.7 Å². The zero-order valence-corrected chi connectivity index (χ0v) is 10.1. The van der Waals surface area contributed by atoms with Gasteiger partial charge >= 0.3 is 0 Å². The minimum atomic E-state index is -0.232. The summed E-state index contributed by atoms with van der Waals surface area (Å²) < 4.78 is 0. The van der Waals surface area contributed by atoms with E-state index in [1.165, 1.54) is 0 Å². The van der Waals surface area contributed by atoms with Gasteiger partial charge in [0.15, 0.2) is 0 Å². The SMILES string of the molecule is C#CCCCCNC(=O)c1n[nH]c(CCC)n1. The number of carbonyl (C=O) groups excluding carboxylic acids is 1. The maximum absolute atomic E-state index is 11.6. The molecular formula is C12H18N4O. The number of terminal acetylenes is 1. The molecule has 1 rings (SSSR count). The molecule has 92 valence electrons. The van der Waals surface area contributed by atoms with E-state index in [0.717, 1.165) is 37.9 Å². The van der Waals surface area contributed by atoms with E-state index in [1.54, 1.807) is 0 Å². The average Bonchev–Trinajstić information content (AvgIpc) is 2.78. The number of hydrogen-bond acceptors (Lipinski definition) is 3. The second-order valence-electron chi connectivity index (χ2n) is 3.77. The van der Waals surface area contributed by atoms with Crippen LogP contribution in [0.15, 0.2) is 0 Å². The molecule has 1 heterocycles. The molecule has 0 radical (unpaired) electrons. The Hall–Kier alpha value is -1.83. The smallest absolute Gasteiger partial charge is 0.290 e. The summed E-state index contributed by atoms with van der Waals surface area (Å²) in [5.74, 6) is 3.30. The number of nitrogens with zero attached hydrogens (tertiary/aromatic N) is 2. The molecule has 5 nitrogen and oxygen atoms in total. The molecular weight excluding hydrogens is 216 g/mol. The zero-order valence-electron chi connectivity index (χ0n) is 10.1. The van der Waals surface area contributed by atoms with E-state index >= 15 is 0 Å². The van der Waals surface area contributed by atoms with Crippen molar-refractivity contribution in [3.8, 4) is 12.3 Å². The van der Waals surface area contributed by atoms with Crippen molar-refractivity contribution >= 4 is 5.91 Å². The maximum Gasteiger partial charge on any atom is 0.290 e. The Morgan fingerprint density at radius 3 is 3.06 bits per heavy atom. The number of H-pyrrole nitrogens is 1. The van der Waals surface area contributed by atoms with E-state index < -0.39 is 0 Å². The first-order valence-corrected chi connectivity index (χ1v) is 5.90. The zero-order chi connectivity index (χ0) is 12.5. The first kappa shape index (κ1) is 13.2. The van der Waals surface area contributed by atoms with Crippen LogP contribution in [0.25, 0.3) is 0 Å². The third-order valence-electron chi connectivity index (χ3n) is 2.26. The van der Waals surface area contributed by atoms with Gasteiger partial charge in [0.05, 0.1) is 0 Å². The van der Waals surface area contributed by atoms with Crippen molar-refractivity contribution in [3.05, 3.63) is 11.6 Å². The molecule has 0 bridgehead atoms. The first-order valence-electron chi connectivity index (χ1n) is 5.90. The molecule has 0 fully saturated rings. The van der Waals surface area contributed by atoms with Gasteiger partial charge in [0.2, 0.25) is 5.82 Å². The summed E-state index contributed by atoms with van der Waals surface area (Å²) in [5, 5.41) is 9.38. The molecule has 0 spiro atoms. The maximum atomic E-state index is 11.6. The highest BCUT2D eigenvalue weighted by atomic mass is 16.2. The predicted molar refractivity (Wildman–Crippen MR) is 65.4 cm³/mol. The molecule has 1 amide bonds. The number of hydrogen-bond donors (Lipinski definition) is 2. The fraction of sp³-hybridized carbons (Fsp3) is 0.583. The summed E-state index contributed by atoms with van der Waals surface area (Å²) in [7, 11) is 0. The Labute approximate surface area is 101 Å². The third kappa shape index (κ3) is 4.68. The molecule has 0 aromatic carbocycles. The number of aromatic nitrogens is 3. The number of carbonyl (C=O) groups is 1. The van der Waals surface area contributed by atoms with Gasteiger partial charge in [-0.15, -0.1) is 17.4 Å². The van der Waals surface area contributed by atoms with E-state index in [0.29, 0.717) is 6.54 Å². The van der Waals surface area contributed by atoms with Crippen LogP contribution in [0.3, 0.4) is 0 Å². The lowest BCUT2D eigenvalue weighted by atomic mass is 10.2. The minimum Gasteiger partial charge on any atom is -0.349 e. The van der Waals surface area contributed by atoms with Crippen molar-refractivity contribution in [2.45, 2.75) is 39.0 Å². The van der Waals surface area contributed by atoms with Crippen molar-refractivity contribution in [1.29, 1.82) is 0 Å². The summed E-state index contributed by atoms with van der Waals surface area (Å²) in [6, 6.07) is 0. The van der Waals surface area contributed by atoms with Gasteiger partial charge in [-0.05, 0) is 19.3 Å². The Kier molecular flexibility index (Phi) is 5.80. The molecule has 0 saturated carbocycles. The van der Waals surface area contributed by atoms with E-state index in [2.05, 4.69) is 26.4 Å². The van der Waals surface area contributed by atoms with Crippen molar-refractivity contribution < 1.29 is 4.79 Å². The quantitative estimate of drug-likeness (QED) is 0.551. The molecule has 0 aliphatic rings. The standard InChI is InChI=1S/C12H18N4O/c1-3-5-6-7-9-13-12(17)11-14-10(8-4-2)15-16-11/h1H,4-9H2,2H3,(H,13,17)(H,14,15,16). The molecule has 1 aromatic rings. The van der Waals surface area contributed by atoms with Crippen molar-refractivity contribution in [2.75, 3.05) is 6.54 Å². The average molecular weight is 234 g/mol. The van der Waals surface area contributed by atoms with Crippen LogP contribution in [0.4, 0.5) is 0 Å². The highest BCUT2D eigenvalue weighted by Gasteiger charge is 2.10. The van der Waals surface area contributed by atoms with E-state index in [4.69, 9.17) is 6.42 Å². The normalized spacial score (nSPS) is 9.88. The Bertz CT molecular complexity index is 391. The first-order chi connectivity index (χ1) is 8.27. The van der Waals surface area contributed by atoms with E-state index in [1.807, 2.05) is 6.92 Å². The van der Waals surface area contributed by atoms with Gasteiger partial charge < -0.3 is 5.32 Å². The van der Waals surface area contributed by atoms with Crippen LogP contribution in [-0.2, 0) is 6.42 Å². The topological polar surface area (TPSA) is 70.7 Å². The van der Waals surface area contributed by atoms with Gasteiger partial charge in [0.1, 0.15) is 5.82 Å². The van der Waals surface area contributed by atoms with Gasteiger partial charge in [-0.1, -0.05) is 6.92 Å². The minimum absolute atomic E-state index is 0.213. The van der Waals surface area contributed by atoms with Crippen LogP contribution in [-0.4, -0.2) is 27.6 Å². The van der Waals surface area contributed by atoms with Crippen molar-refractivity contribution in [3.63, 3.8) is 0 Å². The molecule has 1 aromatic heterocycles. The summed E-state index contributed by atoms with van der Waals surface area (Å²) in [5.41, 5.74) is 0. The van der Waals surface area contributed by atoms with E-state index in [9.17, 15) is 4.79 Å². The van der Waals surface area contributed by atoms with Gasteiger partial charge in [-0.25, -0.2) is 4.98 Å². The lowest BCUT2D eigenvalue weighted by Gasteiger charge is -2.00. The Balaban J connectivity index is 2.29. The predicted octanol–water partition coefficient (Wildman–Crippen LogP) is 1.29. The molecule has 0 atom stereocenters. The number of aryl methyl sites for hydroxylation is 1. The summed E-state index contributed by atoms with van der Waals surface area (Å²) in [6.45, 7) is 2.66. The van der Waals surface area contributed by atoms with Crippen molar-refractivity contribution in [2.24, 2.45) is 0 Å². The molecule has 0 saturated heterocycles. The highest BCUT2D eigenvalue weighted by Crippen LogP contribution is 1.97. The van der Waals surface area contributed by atoms with Crippen LogP contribution in [0.2, 0.25) is 0 Å². The lowest BCUT2D eigenvalue weighted by molar-refractivity contribution is 0.0943. The Morgan fingerprint density at radius 1 is 1.53 bits per heavy atom.